The Labute approximate surface area is 177 Å². The van der Waals surface area contributed by atoms with Crippen molar-refractivity contribution in [2.75, 3.05) is 22.5 Å². The van der Waals surface area contributed by atoms with Gasteiger partial charge in [0, 0.05) is 10.5 Å². The summed E-state index contributed by atoms with van der Waals surface area (Å²) in [5.41, 5.74) is 2.99. The van der Waals surface area contributed by atoms with Gasteiger partial charge in [-0.25, -0.2) is 0 Å². The highest BCUT2D eigenvalue weighted by molar-refractivity contribution is 8.00. The highest BCUT2D eigenvalue weighted by Gasteiger charge is 2.26. The maximum Gasteiger partial charge on any atom is 0.246 e. The molecule has 1 aliphatic heterocycles. The van der Waals surface area contributed by atoms with Crippen LogP contribution in [0.1, 0.15) is 25.3 Å². The number of hydrogen-bond donors (Lipinski definition) is 1. The zero-order chi connectivity index (χ0) is 20.4. The van der Waals surface area contributed by atoms with Crippen molar-refractivity contribution in [3.05, 3.63) is 54.1 Å². The number of nitrogens with zero attached hydrogens (tertiary/aromatic N) is 3. The topological polar surface area (TPSA) is 75.2 Å². The summed E-state index contributed by atoms with van der Waals surface area (Å²) in [6, 6.07) is 15.8. The molecular formula is C21H20N4O2S2. The van der Waals surface area contributed by atoms with E-state index in [1.54, 1.807) is 0 Å². The molecule has 0 saturated heterocycles. The van der Waals surface area contributed by atoms with E-state index >= 15 is 0 Å². The standard InChI is InChI=1S/C21H20N4O2S2/c1-13(2)14-7-9-15(10-8-14)20-23-24-21(29-20)22-18(26)11-25-16-5-3-4-6-17(16)28-12-19(25)27/h3-10,13H,11-12H2,1-2H3,(H,22,24,26). The van der Waals surface area contributed by atoms with E-state index in [0.717, 1.165) is 21.2 Å². The smallest absolute Gasteiger partial charge is 0.246 e. The second kappa shape index (κ2) is 8.34. The first-order valence-corrected chi connectivity index (χ1v) is 11.1. The maximum absolute atomic E-state index is 12.5. The Kier molecular flexibility index (Phi) is 5.64. The number of carbonyl (C=O) groups excluding carboxylic acids is 2. The van der Waals surface area contributed by atoms with Gasteiger partial charge in [-0.3, -0.25) is 14.9 Å². The van der Waals surface area contributed by atoms with Crippen LogP contribution in [0.5, 0.6) is 0 Å². The molecule has 0 spiro atoms. The summed E-state index contributed by atoms with van der Waals surface area (Å²) in [5.74, 6) is 0.430. The SMILES string of the molecule is CC(C)c1ccc(-c2nnc(NC(=O)CN3C(=O)CSc4ccccc43)s2)cc1. The highest BCUT2D eigenvalue weighted by atomic mass is 32.2. The highest BCUT2D eigenvalue weighted by Crippen LogP contribution is 2.35. The Morgan fingerprint density at radius 3 is 2.66 bits per heavy atom. The van der Waals surface area contributed by atoms with Crippen LogP contribution in [0.25, 0.3) is 10.6 Å². The summed E-state index contributed by atoms with van der Waals surface area (Å²) in [5, 5.41) is 12.2. The number of aromatic nitrogens is 2. The second-order valence-electron chi connectivity index (χ2n) is 6.97. The largest absolute Gasteiger partial charge is 0.301 e. The zero-order valence-electron chi connectivity index (χ0n) is 16.1. The third-order valence-electron chi connectivity index (χ3n) is 4.61. The van der Waals surface area contributed by atoms with Crippen LogP contribution in [0.4, 0.5) is 10.8 Å². The molecule has 0 unspecified atom stereocenters. The maximum atomic E-state index is 12.5. The van der Waals surface area contributed by atoms with Gasteiger partial charge in [0.2, 0.25) is 16.9 Å². The van der Waals surface area contributed by atoms with E-state index in [4.69, 9.17) is 0 Å². The van der Waals surface area contributed by atoms with Crippen molar-refractivity contribution in [2.24, 2.45) is 0 Å². The summed E-state index contributed by atoms with van der Waals surface area (Å²) in [6.45, 7) is 4.25. The zero-order valence-corrected chi connectivity index (χ0v) is 17.7. The summed E-state index contributed by atoms with van der Waals surface area (Å²) >= 11 is 2.81. The van der Waals surface area contributed by atoms with Gasteiger partial charge in [-0.05, 0) is 23.6 Å². The third-order valence-corrected chi connectivity index (χ3v) is 6.54. The van der Waals surface area contributed by atoms with E-state index in [0.29, 0.717) is 16.8 Å². The normalized spacial score (nSPS) is 13.5. The number of benzene rings is 2. The number of nitrogens with one attached hydrogen (secondary N) is 1. The average Bonchev–Trinajstić information content (AvgIpc) is 3.18. The molecule has 1 aromatic heterocycles. The Morgan fingerprint density at radius 1 is 1.14 bits per heavy atom. The van der Waals surface area contributed by atoms with Crippen LogP contribution in [0.2, 0.25) is 0 Å². The van der Waals surface area contributed by atoms with Gasteiger partial charge in [0.25, 0.3) is 0 Å². The third kappa shape index (κ3) is 4.33. The molecule has 4 rings (SSSR count). The van der Waals surface area contributed by atoms with Gasteiger partial charge >= 0.3 is 0 Å². The number of hydrogen-bond acceptors (Lipinski definition) is 6. The Balaban J connectivity index is 1.44. The van der Waals surface area contributed by atoms with Crippen LogP contribution in [-0.4, -0.2) is 34.3 Å². The molecule has 8 heteroatoms. The van der Waals surface area contributed by atoms with Crippen LogP contribution in [0.3, 0.4) is 0 Å². The number of amides is 2. The molecule has 0 fully saturated rings. The number of para-hydroxylation sites is 1. The minimum Gasteiger partial charge on any atom is -0.301 e. The van der Waals surface area contributed by atoms with E-state index in [1.165, 1.54) is 33.6 Å². The first kappa shape index (κ1) is 19.6. The molecule has 2 heterocycles. The lowest BCUT2D eigenvalue weighted by atomic mass is 10.0. The van der Waals surface area contributed by atoms with Crippen LogP contribution in [0.15, 0.2) is 53.4 Å². The lowest BCUT2D eigenvalue weighted by molar-refractivity contribution is -0.120. The van der Waals surface area contributed by atoms with E-state index in [2.05, 4.69) is 41.5 Å². The van der Waals surface area contributed by atoms with Crippen molar-refractivity contribution in [1.29, 1.82) is 0 Å². The number of carbonyl (C=O) groups is 2. The van der Waals surface area contributed by atoms with E-state index < -0.39 is 0 Å². The summed E-state index contributed by atoms with van der Waals surface area (Å²) < 4.78 is 0. The van der Waals surface area contributed by atoms with Crippen molar-refractivity contribution < 1.29 is 9.59 Å². The molecule has 2 amide bonds. The van der Waals surface area contributed by atoms with Crippen molar-refractivity contribution in [3.63, 3.8) is 0 Å². The molecule has 148 valence electrons. The first-order valence-electron chi connectivity index (χ1n) is 9.27. The van der Waals surface area contributed by atoms with Crippen LogP contribution in [0, 0.1) is 0 Å². The number of thioether (sulfide) groups is 1. The number of rotatable bonds is 5. The predicted octanol–water partition coefficient (Wildman–Crippen LogP) is 4.41. The Morgan fingerprint density at radius 2 is 1.90 bits per heavy atom. The predicted molar refractivity (Wildman–Crippen MR) is 118 cm³/mol. The Bertz CT molecular complexity index is 1050. The van der Waals surface area contributed by atoms with Crippen molar-refractivity contribution in [3.8, 4) is 10.6 Å². The molecule has 1 N–H and O–H groups in total. The van der Waals surface area contributed by atoms with E-state index in [-0.39, 0.29) is 18.4 Å². The van der Waals surface area contributed by atoms with Crippen LogP contribution in [-0.2, 0) is 9.59 Å². The first-order chi connectivity index (χ1) is 14.0. The van der Waals surface area contributed by atoms with Gasteiger partial charge < -0.3 is 4.90 Å². The number of anilines is 2. The molecule has 2 aromatic carbocycles. The quantitative estimate of drug-likeness (QED) is 0.657. The molecule has 0 saturated carbocycles. The minimum atomic E-state index is -0.294. The number of fused-ring (bicyclic) bond motifs is 1. The van der Waals surface area contributed by atoms with Gasteiger partial charge in [-0.2, -0.15) is 0 Å². The molecule has 29 heavy (non-hydrogen) atoms. The summed E-state index contributed by atoms with van der Waals surface area (Å²) in [4.78, 5) is 27.4. The van der Waals surface area contributed by atoms with Crippen LogP contribution >= 0.6 is 23.1 Å². The van der Waals surface area contributed by atoms with Crippen LogP contribution < -0.4 is 10.2 Å². The molecule has 0 bridgehead atoms. The fraction of sp³-hybridized carbons (Fsp3) is 0.238. The second-order valence-corrected chi connectivity index (χ2v) is 8.97. The van der Waals surface area contributed by atoms with E-state index in [1.807, 2.05) is 36.4 Å². The van der Waals surface area contributed by atoms with Gasteiger partial charge in [0.1, 0.15) is 11.6 Å². The Hall–Kier alpha value is -2.71. The molecule has 1 aliphatic rings. The lowest BCUT2D eigenvalue weighted by Crippen LogP contribution is -2.41. The lowest BCUT2D eigenvalue weighted by Gasteiger charge is -2.28. The van der Waals surface area contributed by atoms with Gasteiger partial charge in [0.05, 0.1) is 11.4 Å². The summed E-state index contributed by atoms with van der Waals surface area (Å²) in [6.07, 6.45) is 0. The fourth-order valence-corrected chi connectivity index (χ4v) is 4.73. The average molecular weight is 425 g/mol. The molecule has 0 radical (unpaired) electrons. The van der Waals surface area contributed by atoms with Crippen molar-refractivity contribution in [1.82, 2.24) is 10.2 Å². The molecule has 0 aliphatic carbocycles. The van der Waals surface area contributed by atoms with Gasteiger partial charge in [0.15, 0.2) is 0 Å². The molecule has 0 atom stereocenters. The van der Waals surface area contributed by atoms with Crippen molar-refractivity contribution in [2.45, 2.75) is 24.7 Å². The fourth-order valence-electron chi connectivity index (χ4n) is 3.03. The molecular weight excluding hydrogens is 404 g/mol. The van der Waals surface area contributed by atoms with Gasteiger partial charge in [-0.15, -0.1) is 22.0 Å². The molecule has 3 aromatic rings. The minimum absolute atomic E-state index is 0.0472. The van der Waals surface area contributed by atoms with E-state index in [9.17, 15) is 9.59 Å². The van der Waals surface area contributed by atoms with Gasteiger partial charge in [-0.1, -0.05) is 61.6 Å². The molecule has 6 nitrogen and oxygen atoms in total. The monoisotopic (exact) mass is 424 g/mol. The van der Waals surface area contributed by atoms with Crippen molar-refractivity contribution >= 4 is 45.7 Å². The summed E-state index contributed by atoms with van der Waals surface area (Å²) in [7, 11) is 0.